The van der Waals surface area contributed by atoms with Gasteiger partial charge in [0.1, 0.15) is 0 Å². The summed E-state index contributed by atoms with van der Waals surface area (Å²) >= 11 is 0. The maximum absolute atomic E-state index is 12.9. The van der Waals surface area contributed by atoms with Crippen LogP contribution in [0.15, 0.2) is 30.3 Å². The quantitative estimate of drug-likeness (QED) is 0.579. The largest absolute Gasteiger partial charge is 0.289 e. The molecular weight excluding hydrogens is 328 g/mol. The number of hydroxylamine groups is 1. The molecule has 0 saturated carbocycles. The maximum Gasteiger partial charge on any atom is 0.244 e. The van der Waals surface area contributed by atoms with Gasteiger partial charge in [0.15, 0.2) is 0 Å². The summed E-state index contributed by atoms with van der Waals surface area (Å²) in [4.78, 5) is 11.6. The molecule has 24 heavy (non-hydrogen) atoms. The van der Waals surface area contributed by atoms with E-state index in [1.165, 1.54) is 4.31 Å². The van der Waals surface area contributed by atoms with Crippen LogP contribution in [0.1, 0.15) is 38.2 Å². The summed E-state index contributed by atoms with van der Waals surface area (Å²) in [6.45, 7) is 3.13. The first-order valence-corrected chi connectivity index (χ1v) is 9.89. The van der Waals surface area contributed by atoms with Crippen molar-refractivity contribution in [2.24, 2.45) is 5.92 Å². The Kier molecular flexibility index (Phi) is 6.77. The Bertz CT molecular complexity index is 625. The van der Waals surface area contributed by atoms with Crippen LogP contribution in [-0.2, 0) is 21.2 Å². The van der Waals surface area contributed by atoms with Crippen molar-refractivity contribution >= 4 is 15.9 Å². The van der Waals surface area contributed by atoms with Gasteiger partial charge in [0.2, 0.25) is 15.9 Å². The van der Waals surface area contributed by atoms with Crippen molar-refractivity contribution < 1.29 is 18.4 Å². The number of hydrogen-bond acceptors (Lipinski definition) is 4. The zero-order valence-corrected chi connectivity index (χ0v) is 14.8. The molecule has 2 N–H and O–H groups in total. The number of amides is 1. The van der Waals surface area contributed by atoms with Crippen LogP contribution in [0, 0.1) is 5.92 Å². The van der Waals surface area contributed by atoms with Crippen molar-refractivity contribution in [3.05, 3.63) is 35.9 Å². The summed E-state index contributed by atoms with van der Waals surface area (Å²) in [7, 11) is -3.56. The van der Waals surface area contributed by atoms with Crippen molar-refractivity contribution in [1.82, 2.24) is 9.79 Å². The smallest absolute Gasteiger partial charge is 0.244 e. The molecule has 0 aliphatic carbocycles. The van der Waals surface area contributed by atoms with Gasteiger partial charge in [-0.3, -0.25) is 10.0 Å². The molecule has 0 spiro atoms. The molecule has 1 aromatic carbocycles. The first kappa shape index (κ1) is 18.9. The fourth-order valence-electron chi connectivity index (χ4n) is 3.03. The third-order valence-corrected chi connectivity index (χ3v) is 6.99. The highest BCUT2D eigenvalue weighted by atomic mass is 32.2. The third-order valence-electron chi connectivity index (χ3n) is 4.66. The molecule has 1 atom stereocenters. The minimum Gasteiger partial charge on any atom is -0.289 e. The molecule has 7 heteroatoms. The van der Waals surface area contributed by atoms with Crippen molar-refractivity contribution in [2.45, 2.75) is 44.3 Å². The van der Waals surface area contributed by atoms with Gasteiger partial charge in [0.25, 0.3) is 0 Å². The number of piperidine rings is 1. The molecule has 0 radical (unpaired) electrons. The van der Waals surface area contributed by atoms with Crippen LogP contribution < -0.4 is 5.48 Å². The number of carbonyl (C=O) groups is 1. The van der Waals surface area contributed by atoms with E-state index in [1.807, 2.05) is 30.3 Å². The predicted octanol–water partition coefficient (Wildman–Crippen LogP) is 1.94. The Morgan fingerprint density at radius 3 is 2.50 bits per heavy atom. The number of carbonyl (C=O) groups excluding carboxylic acids is 1. The van der Waals surface area contributed by atoms with Gasteiger partial charge in [-0.05, 0) is 37.2 Å². The Morgan fingerprint density at radius 2 is 1.92 bits per heavy atom. The van der Waals surface area contributed by atoms with Crippen LogP contribution in [0.3, 0.4) is 0 Å². The number of hydrogen-bond donors (Lipinski definition) is 2. The third kappa shape index (κ3) is 5.03. The first-order chi connectivity index (χ1) is 11.4. The monoisotopic (exact) mass is 354 g/mol. The second-order valence-corrected chi connectivity index (χ2v) is 8.72. The molecule has 1 aromatic rings. The van der Waals surface area contributed by atoms with Crippen LogP contribution in [0.5, 0.6) is 0 Å². The Morgan fingerprint density at radius 1 is 1.29 bits per heavy atom. The molecule has 1 aliphatic rings. The highest BCUT2D eigenvalue weighted by Gasteiger charge is 2.35. The van der Waals surface area contributed by atoms with Crippen LogP contribution in [0.2, 0.25) is 0 Å². The molecule has 1 aliphatic heterocycles. The Balaban J connectivity index is 2.10. The molecule has 1 amide bonds. The van der Waals surface area contributed by atoms with Gasteiger partial charge in [0.05, 0.1) is 5.25 Å². The Labute approximate surface area is 143 Å². The average Bonchev–Trinajstić information content (AvgIpc) is 2.59. The van der Waals surface area contributed by atoms with Crippen molar-refractivity contribution in [2.75, 3.05) is 13.1 Å². The van der Waals surface area contributed by atoms with Gasteiger partial charge < -0.3 is 0 Å². The minimum atomic E-state index is -3.56. The molecule has 0 aromatic heterocycles. The lowest BCUT2D eigenvalue weighted by Gasteiger charge is -2.32. The summed E-state index contributed by atoms with van der Waals surface area (Å²) in [5.74, 6) is -0.137. The summed E-state index contributed by atoms with van der Waals surface area (Å²) in [5.41, 5.74) is 2.59. The van der Waals surface area contributed by atoms with Gasteiger partial charge in [-0.2, -0.15) is 0 Å². The van der Waals surface area contributed by atoms with E-state index in [4.69, 9.17) is 5.21 Å². The molecule has 1 unspecified atom stereocenters. The highest BCUT2D eigenvalue weighted by molar-refractivity contribution is 7.89. The SMILES string of the molecule is CC1CCN(S(=O)(=O)C(CCc2ccccc2)CC(=O)NO)CC1. The standard InChI is InChI=1S/C17H26N2O4S/c1-14-9-11-19(12-10-14)24(22,23)16(13-17(20)18-21)8-7-15-5-3-2-4-6-15/h2-6,14,16,21H,7-13H2,1H3,(H,18,20). The molecule has 6 nitrogen and oxygen atoms in total. The van der Waals surface area contributed by atoms with Crippen LogP contribution in [0.25, 0.3) is 0 Å². The summed E-state index contributed by atoms with van der Waals surface area (Å²) in [6, 6.07) is 9.61. The molecule has 2 rings (SSSR count). The van der Waals surface area contributed by atoms with E-state index >= 15 is 0 Å². The maximum atomic E-state index is 12.9. The van der Waals surface area contributed by atoms with Gasteiger partial charge >= 0.3 is 0 Å². The van der Waals surface area contributed by atoms with Crippen LogP contribution >= 0.6 is 0 Å². The number of nitrogens with zero attached hydrogens (tertiary/aromatic N) is 1. The number of aryl methyl sites for hydroxylation is 1. The minimum absolute atomic E-state index is 0.224. The van der Waals surface area contributed by atoms with Crippen molar-refractivity contribution in [3.8, 4) is 0 Å². The van der Waals surface area contributed by atoms with E-state index in [-0.39, 0.29) is 6.42 Å². The van der Waals surface area contributed by atoms with E-state index in [0.29, 0.717) is 31.8 Å². The van der Waals surface area contributed by atoms with E-state index in [1.54, 1.807) is 5.48 Å². The molecule has 1 heterocycles. The summed E-state index contributed by atoms with van der Waals surface area (Å²) in [5, 5.41) is 7.95. The number of nitrogens with one attached hydrogen (secondary N) is 1. The first-order valence-electron chi connectivity index (χ1n) is 8.39. The molecule has 0 bridgehead atoms. The zero-order valence-electron chi connectivity index (χ0n) is 14.0. The molecular formula is C17H26N2O4S. The fourth-order valence-corrected chi connectivity index (χ4v) is 4.95. The predicted molar refractivity (Wildman–Crippen MR) is 92.0 cm³/mol. The lowest BCUT2D eigenvalue weighted by Crippen LogP contribution is -2.44. The Hall–Kier alpha value is -1.44. The van der Waals surface area contributed by atoms with Crippen LogP contribution in [0.4, 0.5) is 0 Å². The van der Waals surface area contributed by atoms with E-state index < -0.39 is 21.2 Å². The van der Waals surface area contributed by atoms with E-state index in [0.717, 1.165) is 18.4 Å². The normalized spacial score (nSPS) is 18.2. The zero-order chi connectivity index (χ0) is 17.6. The lowest BCUT2D eigenvalue weighted by molar-refractivity contribution is -0.129. The number of benzene rings is 1. The van der Waals surface area contributed by atoms with Crippen molar-refractivity contribution in [1.29, 1.82) is 0 Å². The summed E-state index contributed by atoms with van der Waals surface area (Å²) in [6.07, 6.45) is 2.39. The van der Waals surface area contributed by atoms with Gasteiger partial charge in [-0.25, -0.2) is 18.2 Å². The van der Waals surface area contributed by atoms with Crippen molar-refractivity contribution in [3.63, 3.8) is 0 Å². The molecule has 1 saturated heterocycles. The number of rotatable bonds is 7. The average molecular weight is 354 g/mol. The van der Waals surface area contributed by atoms with E-state index in [9.17, 15) is 13.2 Å². The molecule has 134 valence electrons. The van der Waals surface area contributed by atoms with Crippen LogP contribution in [-0.4, -0.2) is 42.2 Å². The topological polar surface area (TPSA) is 86.7 Å². The van der Waals surface area contributed by atoms with E-state index in [2.05, 4.69) is 6.92 Å². The second kappa shape index (κ2) is 8.60. The van der Waals surface area contributed by atoms with Gasteiger partial charge in [-0.15, -0.1) is 0 Å². The number of sulfonamides is 1. The van der Waals surface area contributed by atoms with Gasteiger partial charge in [-0.1, -0.05) is 37.3 Å². The molecule has 1 fully saturated rings. The highest BCUT2D eigenvalue weighted by Crippen LogP contribution is 2.24. The van der Waals surface area contributed by atoms with Gasteiger partial charge in [0, 0.05) is 19.5 Å². The lowest BCUT2D eigenvalue weighted by atomic mass is 10.0. The summed E-state index contributed by atoms with van der Waals surface area (Å²) < 4.78 is 27.4. The second-order valence-electron chi connectivity index (χ2n) is 6.51. The fraction of sp³-hybridized carbons (Fsp3) is 0.588.